The highest BCUT2D eigenvalue weighted by atomic mass is 16.4. The number of hydrogen-bond acceptors (Lipinski definition) is 4. The van der Waals surface area contributed by atoms with Crippen LogP contribution in [-0.2, 0) is 13.0 Å². The summed E-state index contributed by atoms with van der Waals surface area (Å²) in [6.07, 6.45) is 0.550. The summed E-state index contributed by atoms with van der Waals surface area (Å²) in [5.74, 6) is -0.657. The molecule has 4 aromatic rings. The first-order chi connectivity index (χ1) is 16.3. The fourth-order valence-electron chi connectivity index (χ4n) is 3.84. The third kappa shape index (κ3) is 4.73. The van der Waals surface area contributed by atoms with Crippen molar-refractivity contribution in [3.8, 4) is 11.1 Å². The van der Waals surface area contributed by atoms with E-state index in [9.17, 15) is 19.5 Å². The zero-order chi connectivity index (χ0) is 24.2. The number of rotatable bonds is 7. The molecule has 0 aliphatic carbocycles. The molecule has 0 bridgehead atoms. The molecule has 0 aliphatic heterocycles. The van der Waals surface area contributed by atoms with E-state index in [-0.39, 0.29) is 18.0 Å². The van der Waals surface area contributed by atoms with Crippen LogP contribution in [0.2, 0.25) is 0 Å². The summed E-state index contributed by atoms with van der Waals surface area (Å²) < 4.78 is 2.46. The molecular weight excluding hydrogens is 430 g/mol. The van der Waals surface area contributed by atoms with Crippen molar-refractivity contribution >= 4 is 11.9 Å². The highest BCUT2D eigenvalue weighted by molar-refractivity contribution is 5.96. The first-order valence-corrected chi connectivity index (χ1v) is 11.0. The van der Waals surface area contributed by atoms with Crippen molar-refractivity contribution in [2.75, 3.05) is 0 Å². The van der Waals surface area contributed by atoms with Gasteiger partial charge in [0.05, 0.1) is 12.1 Å². The van der Waals surface area contributed by atoms with E-state index < -0.39 is 17.6 Å². The number of benzene rings is 3. The van der Waals surface area contributed by atoms with Gasteiger partial charge in [-0.15, -0.1) is 9.78 Å². The second kappa shape index (κ2) is 9.70. The molecule has 0 atom stereocenters. The number of aromatic carboxylic acids is 1. The van der Waals surface area contributed by atoms with Gasteiger partial charge in [-0.1, -0.05) is 74.5 Å². The highest BCUT2D eigenvalue weighted by Gasteiger charge is 2.20. The minimum Gasteiger partial charge on any atom is -0.478 e. The number of carboxylic acids is 1. The Kier molecular flexibility index (Phi) is 6.54. The number of aromatic nitrogens is 3. The molecule has 0 fully saturated rings. The topological polar surface area (TPSA) is 94.2 Å². The van der Waals surface area contributed by atoms with Gasteiger partial charge < -0.3 is 5.11 Å². The quantitative estimate of drug-likeness (QED) is 0.447. The Morgan fingerprint density at radius 1 is 0.912 bits per heavy atom. The SMILES string of the molecule is CC(C)Cc1nn(C(=O)c2ccccc2)c(=O)n1Cc1ccc(-c2ccccc2C(=O)O)cc1. The van der Waals surface area contributed by atoms with Crippen LogP contribution in [0.3, 0.4) is 0 Å². The van der Waals surface area contributed by atoms with Gasteiger partial charge >= 0.3 is 11.7 Å². The van der Waals surface area contributed by atoms with Gasteiger partial charge in [0.2, 0.25) is 0 Å². The molecule has 172 valence electrons. The third-order valence-corrected chi connectivity index (χ3v) is 5.51. The standard InChI is InChI=1S/C27H25N3O4/c1-18(2)16-24-28-30(25(31)21-8-4-3-5-9-21)27(34)29(24)17-19-12-14-20(15-13-19)22-10-6-7-11-23(22)26(32)33/h3-15,18H,16-17H2,1-2H3,(H,32,33). The minimum atomic E-state index is -0.986. The Bertz CT molecular complexity index is 1380. The molecule has 0 spiro atoms. The maximum absolute atomic E-state index is 13.2. The molecule has 1 heterocycles. The van der Waals surface area contributed by atoms with Crippen molar-refractivity contribution in [3.05, 3.63) is 112 Å². The summed E-state index contributed by atoms with van der Waals surface area (Å²) in [4.78, 5) is 37.6. The first-order valence-electron chi connectivity index (χ1n) is 11.0. The number of carbonyl (C=O) groups excluding carboxylic acids is 1. The third-order valence-electron chi connectivity index (χ3n) is 5.51. The van der Waals surface area contributed by atoms with Crippen LogP contribution >= 0.6 is 0 Å². The number of carboxylic acid groups (broad SMARTS) is 1. The van der Waals surface area contributed by atoms with E-state index in [0.29, 0.717) is 23.4 Å². The molecule has 0 radical (unpaired) electrons. The predicted octanol–water partition coefficient (Wildman–Crippen LogP) is 4.35. The Balaban J connectivity index is 1.67. The van der Waals surface area contributed by atoms with Crippen LogP contribution in [0.15, 0.2) is 83.7 Å². The predicted molar refractivity (Wildman–Crippen MR) is 129 cm³/mol. The van der Waals surface area contributed by atoms with Gasteiger partial charge in [-0.25, -0.2) is 9.59 Å². The van der Waals surface area contributed by atoms with Crippen LogP contribution in [0, 0.1) is 5.92 Å². The maximum Gasteiger partial charge on any atom is 0.353 e. The van der Waals surface area contributed by atoms with Gasteiger partial charge in [0.1, 0.15) is 5.82 Å². The summed E-state index contributed by atoms with van der Waals surface area (Å²) >= 11 is 0. The molecule has 0 saturated heterocycles. The molecular formula is C27H25N3O4. The zero-order valence-corrected chi connectivity index (χ0v) is 19.0. The van der Waals surface area contributed by atoms with Crippen molar-refractivity contribution in [1.29, 1.82) is 0 Å². The van der Waals surface area contributed by atoms with E-state index in [0.717, 1.165) is 15.8 Å². The summed E-state index contributed by atoms with van der Waals surface area (Å²) in [6.45, 7) is 4.31. The van der Waals surface area contributed by atoms with Gasteiger partial charge in [-0.05, 0) is 40.8 Å². The van der Waals surface area contributed by atoms with E-state index in [2.05, 4.69) is 5.10 Å². The Morgan fingerprint density at radius 2 is 1.56 bits per heavy atom. The summed E-state index contributed by atoms with van der Waals surface area (Å²) in [5, 5.41) is 13.8. The van der Waals surface area contributed by atoms with Gasteiger partial charge in [-0.2, -0.15) is 0 Å². The Morgan fingerprint density at radius 3 is 2.21 bits per heavy atom. The summed E-state index contributed by atoms with van der Waals surface area (Å²) in [7, 11) is 0. The second-order valence-electron chi connectivity index (χ2n) is 8.51. The maximum atomic E-state index is 13.2. The van der Waals surface area contributed by atoms with E-state index in [1.807, 2.05) is 38.1 Å². The van der Waals surface area contributed by atoms with Crippen LogP contribution in [0.4, 0.5) is 0 Å². The van der Waals surface area contributed by atoms with Crippen LogP contribution in [0.5, 0.6) is 0 Å². The van der Waals surface area contributed by atoms with E-state index in [1.165, 1.54) is 4.57 Å². The van der Waals surface area contributed by atoms with E-state index in [1.54, 1.807) is 54.6 Å². The van der Waals surface area contributed by atoms with Crippen molar-refractivity contribution in [2.24, 2.45) is 5.92 Å². The summed E-state index contributed by atoms with van der Waals surface area (Å²) in [5.41, 5.74) is 2.38. The lowest BCUT2D eigenvalue weighted by Crippen LogP contribution is -2.30. The second-order valence-corrected chi connectivity index (χ2v) is 8.51. The molecule has 4 rings (SSSR count). The van der Waals surface area contributed by atoms with E-state index in [4.69, 9.17) is 0 Å². The lowest BCUT2D eigenvalue weighted by Gasteiger charge is -2.10. The number of hydrogen-bond donors (Lipinski definition) is 1. The molecule has 7 heteroatoms. The lowest BCUT2D eigenvalue weighted by atomic mass is 9.99. The highest BCUT2D eigenvalue weighted by Crippen LogP contribution is 2.24. The average molecular weight is 456 g/mol. The van der Waals surface area contributed by atoms with Gasteiger partial charge in [-0.3, -0.25) is 9.36 Å². The molecule has 0 unspecified atom stereocenters. The molecule has 1 aromatic heterocycles. The Hall–Kier alpha value is -4.26. The molecule has 0 amide bonds. The minimum absolute atomic E-state index is 0.228. The van der Waals surface area contributed by atoms with Crippen molar-refractivity contribution in [3.63, 3.8) is 0 Å². The smallest absolute Gasteiger partial charge is 0.353 e. The van der Waals surface area contributed by atoms with Crippen LogP contribution in [0.1, 0.15) is 46.0 Å². The monoisotopic (exact) mass is 455 g/mol. The van der Waals surface area contributed by atoms with Gasteiger partial charge in [0.25, 0.3) is 5.91 Å². The summed E-state index contributed by atoms with van der Waals surface area (Å²) in [6, 6.07) is 22.8. The lowest BCUT2D eigenvalue weighted by molar-refractivity contribution is 0.0697. The fraction of sp³-hybridized carbons (Fsp3) is 0.185. The molecule has 0 aliphatic rings. The first kappa shape index (κ1) is 22.9. The van der Waals surface area contributed by atoms with Crippen molar-refractivity contribution in [1.82, 2.24) is 14.3 Å². The average Bonchev–Trinajstić information content (AvgIpc) is 3.14. The number of carbonyl (C=O) groups is 2. The van der Waals surface area contributed by atoms with Crippen molar-refractivity contribution in [2.45, 2.75) is 26.8 Å². The molecule has 7 nitrogen and oxygen atoms in total. The van der Waals surface area contributed by atoms with Gasteiger partial charge in [0.15, 0.2) is 0 Å². The largest absolute Gasteiger partial charge is 0.478 e. The fourth-order valence-corrected chi connectivity index (χ4v) is 3.84. The van der Waals surface area contributed by atoms with Crippen LogP contribution in [0.25, 0.3) is 11.1 Å². The van der Waals surface area contributed by atoms with E-state index >= 15 is 0 Å². The van der Waals surface area contributed by atoms with Gasteiger partial charge in [0, 0.05) is 12.0 Å². The van der Waals surface area contributed by atoms with Crippen LogP contribution < -0.4 is 5.69 Å². The Labute approximate surface area is 196 Å². The molecule has 0 saturated carbocycles. The normalized spacial score (nSPS) is 11.0. The number of nitrogens with zero attached hydrogens (tertiary/aromatic N) is 3. The zero-order valence-electron chi connectivity index (χ0n) is 19.0. The van der Waals surface area contributed by atoms with Crippen molar-refractivity contribution < 1.29 is 14.7 Å². The molecule has 1 N–H and O–H groups in total. The molecule has 34 heavy (non-hydrogen) atoms. The van der Waals surface area contributed by atoms with Crippen LogP contribution in [-0.4, -0.2) is 31.3 Å². The molecule has 3 aromatic carbocycles.